The van der Waals surface area contributed by atoms with Gasteiger partial charge in [0.15, 0.2) is 0 Å². The van der Waals surface area contributed by atoms with E-state index in [4.69, 9.17) is 0 Å². The minimum Gasteiger partial charge on any atom is -0.465 e. The minimum atomic E-state index is -0.374. The van der Waals surface area contributed by atoms with Crippen LogP contribution in [0.5, 0.6) is 0 Å². The highest BCUT2D eigenvalue weighted by atomic mass is 16.5. The SMILES string of the molecule is COC(=O)c1ccc(Cn2cnc(C)cc2=O)cc1. The van der Waals surface area contributed by atoms with Gasteiger partial charge in [0.2, 0.25) is 0 Å². The normalized spacial score (nSPS) is 10.2. The summed E-state index contributed by atoms with van der Waals surface area (Å²) in [6.07, 6.45) is 1.52. The third kappa shape index (κ3) is 3.07. The molecule has 5 heteroatoms. The van der Waals surface area contributed by atoms with Crippen LogP contribution in [0.1, 0.15) is 21.6 Å². The van der Waals surface area contributed by atoms with Crippen LogP contribution in [0.3, 0.4) is 0 Å². The molecule has 0 bridgehead atoms. The second kappa shape index (κ2) is 5.48. The summed E-state index contributed by atoms with van der Waals surface area (Å²) in [7, 11) is 1.34. The first kappa shape index (κ1) is 13.0. The molecular formula is C14H14N2O3. The van der Waals surface area contributed by atoms with Crippen molar-refractivity contribution in [1.82, 2.24) is 9.55 Å². The van der Waals surface area contributed by atoms with Crippen LogP contribution >= 0.6 is 0 Å². The number of aryl methyl sites for hydroxylation is 1. The molecule has 0 unspecified atom stereocenters. The number of hydrogen-bond donors (Lipinski definition) is 0. The van der Waals surface area contributed by atoms with Gasteiger partial charge in [-0.25, -0.2) is 9.78 Å². The highest BCUT2D eigenvalue weighted by Crippen LogP contribution is 2.06. The van der Waals surface area contributed by atoms with E-state index in [1.54, 1.807) is 31.2 Å². The van der Waals surface area contributed by atoms with Crippen molar-refractivity contribution < 1.29 is 9.53 Å². The van der Waals surface area contributed by atoms with Crippen LogP contribution in [0.25, 0.3) is 0 Å². The number of carbonyl (C=O) groups excluding carboxylic acids is 1. The van der Waals surface area contributed by atoms with Gasteiger partial charge < -0.3 is 4.74 Å². The first-order valence-electron chi connectivity index (χ1n) is 5.80. The van der Waals surface area contributed by atoms with Crippen molar-refractivity contribution in [2.24, 2.45) is 0 Å². The lowest BCUT2D eigenvalue weighted by Crippen LogP contribution is -2.20. The summed E-state index contributed by atoms with van der Waals surface area (Å²) in [5.74, 6) is -0.374. The molecule has 0 atom stereocenters. The lowest BCUT2D eigenvalue weighted by Gasteiger charge is -2.06. The average molecular weight is 258 g/mol. The van der Waals surface area contributed by atoms with Gasteiger partial charge in [-0.15, -0.1) is 0 Å². The number of ether oxygens (including phenoxy) is 1. The van der Waals surface area contributed by atoms with E-state index in [1.165, 1.54) is 24.1 Å². The molecule has 2 rings (SSSR count). The Balaban J connectivity index is 2.20. The van der Waals surface area contributed by atoms with Gasteiger partial charge in [-0.05, 0) is 24.6 Å². The number of aromatic nitrogens is 2. The van der Waals surface area contributed by atoms with Crippen molar-refractivity contribution in [3.63, 3.8) is 0 Å². The smallest absolute Gasteiger partial charge is 0.337 e. The molecule has 0 aliphatic heterocycles. The summed E-state index contributed by atoms with van der Waals surface area (Å²) in [5, 5.41) is 0. The van der Waals surface area contributed by atoms with Crippen molar-refractivity contribution in [2.45, 2.75) is 13.5 Å². The lowest BCUT2D eigenvalue weighted by atomic mass is 10.1. The van der Waals surface area contributed by atoms with Gasteiger partial charge in [0.05, 0.1) is 25.5 Å². The molecule has 19 heavy (non-hydrogen) atoms. The van der Waals surface area contributed by atoms with E-state index >= 15 is 0 Å². The van der Waals surface area contributed by atoms with Crippen molar-refractivity contribution in [1.29, 1.82) is 0 Å². The first-order valence-corrected chi connectivity index (χ1v) is 5.80. The Labute approximate surface area is 110 Å². The maximum Gasteiger partial charge on any atom is 0.337 e. The van der Waals surface area contributed by atoms with Gasteiger partial charge in [0, 0.05) is 11.8 Å². The summed E-state index contributed by atoms with van der Waals surface area (Å²) in [4.78, 5) is 27.1. The quantitative estimate of drug-likeness (QED) is 0.780. The predicted octanol–water partition coefficient (Wildman–Crippen LogP) is 1.39. The molecule has 0 radical (unpaired) electrons. The maximum atomic E-state index is 11.7. The zero-order chi connectivity index (χ0) is 13.8. The van der Waals surface area contributed by atoms with E-state index in [-0.39, 0.29) is 11.5 Å². The molecule has 0 aliphatic carbocycles. The molecule has 0 saturated carbocycles. The third-order valence-corrected chi connectivity index (χ3v) is 2.74. The fourth-order valence-corrected chi connectivity index (χ4v) is 1.70. The molecule has 2 aromatic rings. The zero-order valence-corrected chi connectivity index (χ0v) is 10.8. The summed E-state index contributed by atoms with van der Waals surface area (Å²) in [5.41, 5.74) is 2.01. The third-order valence-electron chi connectivity index (χ3n) is 2.74. The van der Waals surface area contributed by atoms with Crippen LogP contribution in [0.15, 0.2) is 41.5 Å². The van der Waals surface area contributed by atoms with E-state index in [9.17, 15) is 9.59 Å². The van der Waals surface area contributed by atoms with Crippen LogP contribution in [0.2, 0.25) is 0 Å². The second-order valence-electron chi connectivity index (χ2n) is 4.18. The van der Waals surface area contributed by atoms with E-state index in [0.717, 1.165) is 5.56 Å². The number of benzene rings is 1. The number of methoxy groups -OCH3 is 1. The fourth-order valence-electron chi connectivity index (χ4n) is 1.70. The van der Waals surface area contributed by atoms with E-state index < -0.39 is 0 Å². The molecule has 0 amide bonds. The Morgan fingerprint density at radius 2 is 2.00 bits per heavy atom. The number of hydrogen-bond acceptors (Lipinski definition) is 4. The number of rotatable bonds is 3. The Morgan fingerprint density at radius 1 is 1.32 bits per heavy atom. The molecule has 1 aromatic carbocycles. The predicted molar refractivity (Wildman–Crippen MR) is 70.1 cm³/mol. The Bertz CT molecular complexity index is 644. The van der Waals surface area contributed by atoms with Gasteiger partial charge in [0.25, 0.3) is 5.56 Å². The van der Waals surface area contributed by atoms with Crippen LogP contribution in [-0.2, 0) is 11.3 Å². The molecule has 0 N–H and O–H groups in total. The molecule has 0 saturated heterocycles. The van der Waals surface area contributed by atoms with Crippen molar-refractivity contribution >= 4 is 5.97 Å². The van der Waals surface area contributed by atoms with Gasteiger partial charge in [-0.2, -0.15) is 0 Å². The molecule has 0 fully saturated rings. The van der Waals surface area contributed by atoms with Crippen LogP contribution < -0.4 is 5.56 Å². The van der Waals surface area contributed by atoms with Gasteiger partial charge in [-0.3, -0.25) is 9.36 Å². The Hall–Kier alpha value is -2.43. The number of nitrogens with zero attached hydrogens (tertiary/aromatic N) is 2. The lowest BCUT2D eigenvalue weighted by molar-refractivity contribution is 0.0600. The zero-order valence-electron chi connectivity index (χ0n) is 10.8. The molecule has 98 valence electrons. The topological polar surface area (TPSA) is 61.2 Å². The Morgan fingerprint density at radius 3 is 2.58 bits per heavy atom. The van der Waals surface area contributed by atoms with Crippen molar-refractivity contribution in [3.8, 4) is 0 Å². The molecule has 0 spiro atoms. The second-order valence-corrected chi connectivity index (χ2v) is 4.18. The fraction of sp³-hybridized carbons (Fsp3) is 0.214. The summed E-state index contributed by atoms with van der Waals surface area (Å²) in [6, 6.07) is 8.42. The van der Waals surface area contributed by atoms with Gasteiger partial charge in [-0.1, -0.05) is 12.1 Å². The minimum absolute atomic E-state index is 0.0930. The van der Waals surface area contributed by atoms with Crippen LogP contribution in [0, 0.1) is 6.92 Å². The molecule has 0 aliphatic rings. The molecule has 5 nitrogen and oxygen atoms in total. The number of carbonyl (C=O) groups is 1. The molecule has 1 aromatic heterocycles. The monoisotopic (exact) mass is 258 g/mol. The van der Waals surface area contributed by atoms with E-state index in [2.05, 4.69) is 9.72 Å². The van der Waals surface area contributed by atoms with E-state index in [0.29, 0.717) is 17.8 Å². The van der Waals surface area contributed by atoms with Crippen molar-refractivity contribution in [2.75, 3.05) is 7.11 Å². The maximum absolute atomic E-state index is 11.7. The van der Waals surface area contributed by atoms with Crippen LogP contribution in [-0.4, -0.2) is 22.6 Å². The van der Waals surface area contributed by atoms with Crippen molar-refractivity contribution in [3.05, 3.63) is 63.8 Å². The number of esters is 1. The van der Waals surface area contributed by atoms with Gasteiger partial charge >= 0.3 is 5.97 Å². The summed E-state index contributed by atoms with van der Waals surface area (Å²) >= 11 is 0. The average Bonchev–Trinajstić information content (AvgIpc) is 2.42. The highest BCUT2D eigenvalue weighted by Gasteiger charge is 2.05. The Kier molecular flexibility index (Phi) is 3.75. The molecular weight excluding hydrogens is 244 g/mol. The first-order chi connectivity index (χ1) is 9.10. The summed E-state index contributed by atoms with van der Waals surface area (Å²) in [6.45, 7) is 2.20. The largest absolute Gasteiger partial charge is 0.465 e. The van der Waals surface area contributed by atoms with E-state index in [1.807, 2.05) is 0 Å². The molecule has 1 heterocycles. The standard InChI is InChI=1S/C14H14N2O3/c1-10-7-13(17)16(9-15-10)8-11-3-5-12(6-4-11)14(18)19-2/h3-7,9H,8H2,1-2H3. The van der Waals surface area contributed by atoms with Crippen LogP contribution in [0.4, 0.5) is 0 Å². The summed E-state index contributed by atoms with van der Waals surface area (Å²) < 4.78 is 6.14. The highest BCUT2D eigenvalue weighted by molar-refractivity contribution is 5.89. The van der Waals surface area contributed by atoms with Gasteiger partial charge in [0.1, 0.15) is 0 Å².